The van der Waals surface area contributed by atoms with E-state index in [9.17, 15) is 49.8 Å². The second kappa shape index (κ2) is 10.4. The lowest BCUT2D eigenvalue weighted by atomic mass is 9.87. The molecule has 2 unspecified atom stereocenters. The van der Waals surface area contributed by atoms with Crippen LogP contribution in [0.5, 0.6) is 0 Å². The van der Waals surface area contributed by atoms with E-state index >= 15 is 0 Å². The number of hydrogen-bond acceptors (Lipinski definition) is 6. The van der Waals surface area contributed by atoms with Gasteiger partial charge in [0, 0.05) is 12.0 Å². The zero-order valence-electron chi connectivity index (χ0n) is 21.9. The Balaban J connectivity index is 1.77. The van der Waals surface area contributed by atoms with Gasteiger partial charge >= 0.3 is 12.4 Å². The number of carbonyl (C=O) groups is 1. The lowest BCUT2D eigenvalue weighted by molar-refractivity contribution is -0.376. The molecular formula is C26H28F6N2O6S. The van der Waals surface area contributed by atoms with Crippen molar-refractivity contribution in [2.45, 2.75) is 73.6 Å². The highest BCUT2D eigenvalue weighted by Crippen LogP contribution is 2.51. The molecule has 41 heavy (non-hydrogen) atoms. The number of fused-ring (bicyclic) bond motifs is 1. The van der Waals surface area contributed by atoms with E-state index in [0.717, 1.165) is 15.9 Å². The molecule has 3 atom stereocenters. The van der Waals surface area contributed by atoms with Gasteiger partial charge in [0.15, 0.2) is 0 Å². The second-order valence-corrected chi connectivity index (χ2v) is 12.4. The Hall–Kier alpha value is -2.88. The van der Waals surface area contributed by atoms with Crippen LogP contribution in [-0.4, -0.2) is 67.8 Å². The normalized spacial score (nSPS) is 23.8. The van der Waals surface area contributed by atoms with Gasteiger partial charge in [-0.1, -0.05) is 29.8 Å². The first-order valence-corrected chi connectivity index (χ1v) is 13.9. The zero-order chi connectivity index (χ0) is 30.6. The van der Waals surface area contributed by atoms with Gasteiger partial charge < -0.3 is 20.3 Å². The Kier molecular flexibility index (Phi) is 7.91. The number of ether oxygens (including phenoxy) is 1. The number of aliphatic hydroxyl groups is 2. The van der Waals surface area contributed by atoms with Crippen LogP contribution in [-0.2, 0) is 31.6 Å². The number of carbonyl (C=O) groups excluding carboxylic acids is 1. The average Bonchev–Trinajstić information content (AvgIpc) is 3.18. The first-order chi connectivity index (χ1) is 18.8. The summed E-state index contributed by atoms with van der Waals surface area (Å²) in [6.45, 7) is 3.15. The molecule has 0 radical (unpaired) electrons. The molecule has 0 aliphatic carbocycles. The molecule has 2 heterocycles. The Bertz CT molecular complexity index is 1400. The van der Waals surface area contributed by atoms with Crippen LogP contribution in [0.4, 0.5) is 32.0 Å². The van der Waals surface area contributed by atoms with Crippen LogP contribution in [0.3, 0.4) is 0 Å². The number of anilines is 1. The number of nitrogens with one attached hydrogen (secondary N) is 1. The molecule has 1 saturated heterocycles. The SMILES string of the molecule is Cc1ccc(S(=O)(=O)N2c3ccc(C(O)(C(F)(F)F)C(F)(F)F)cc3CC[C@H]2CC(=O)NC2COCC2(C)O)cc1. The van der Waals surface area contributed by atoms with E-state index in [1.165, 1.54) is 31.2 Å². The molecule has 8 nitrogen and oxygen atoms in total. The first-order valence-electron chi connectivity index (χ1n) is 12.5. The topological polar surface area (TPSA) is 116 Å². The van der Waals surface area contributed by atoms with Crippen molar-refractivity contribution in [3.05, 3.63) is 59.2 Å². The minimum absolute atomic E-state index is 0.0156. The van der Waals surface area contributed by atoms with Crippen LogP contribution >= 0.6 is 0 Å². The number of hydrogen-bond donors (Lipinski definition) is 3. The summed E-state index contributed by atoms with van der Waals surface area (Å²) in [6.07, 6.45) is -13.0. The second-order valence-electron chi connectivity index (χ2n) is 10.6. The molecule has 0 aromatic heterocycles. The van der Waals surface area contributed by atoms with Crippen molar-refractivity contribution in [2.24, 2.45) is 0 Å². The highest BCUT2D eigenvalue weighted by Gasteiger charge is 2.71. The maximum atomic E-state index is 13.8. The van der Waals surface area contributed by atoms with Crippen LogP contribution in [0.1, 0.15) is 36.5 Å². The molecule has 1 fully saturated rings. The lowest BCUT2D eigenvalue weighted by Crippen LogP contribution is -2.54. The molecule has 2 aliphatic rings. The van der Waals surface area contributed by atoms with E-state index in [2.05, 4.69) is 5.32 Å². The third kappa shape index (κ3) is 5.64. The summed E-state index contributed by atoms with van der Waals surface area (Å²) in [6, 6.07) is 5.42. The summed E-state index contributed by atoms with van der Waals surface area (Å²) in [7, 11) is -4.47. The summed E-state index contributed by atoms with van der Waals surface area (Å²) in [4.78, 5) is 12.7. The molecule has 1 amide bonds. The quantitative estimate of drug-likeness (QED) is 0.432. The molecule has 15 heteroatoms. The highest BCUT2D eigenvalue weighted by molar-refractivity contribution is 7.92. The van der Waals surface area contributed by atoms with Gasteiger partial charge in [-0.25, -0.2) is 8.42 Å². The number of sulfonamides is 1. The molecule has 2 aromatic carbocycles. The fourth-order valence-electron chi connectivity index (χ4n) is 5.01. The molecule has 2 aliphatic heterocycles. The number of nitrogens with zero attached hydrogens (tertiary/aromatic N) is 1. The van der Waals surface area contributed by atoms with E-state index in [-0.39, 0.29) is 42.2 Å². The standard InChI is InChI=1S/C26H28F6N2O6S/c1-15-3-8-19(9-4-15)41(38,39)34-18(12-22(35)33-21-13-40-14-23(21,2)36)7-5-16-11-17(6-10-20(16)34)24(37,25(27,28)29)26(30,31)32/h3-4,6,8-11,18,21,36-37H,5,7,12-14H2,1-2H3,(H,33,35)/t18-,21?,23?/m0/s1. The number of benzene rings is 2. The summed E-state index contributed by atoms with van der Waals surface area (Å²) >= 11 is 0. The van der Waals surface area contributed by atoms with Crippen LogP contribution in [0.15, 0.2) is 47.4 Å². The van der Waals surface area contributed by atoms with Crippen LogP contribution in [0.25, 0.3) is 0 Å². The van der Waals surface area contributed by atoms with Crippen molar-refractivity contribution in [3.8, 4) is 0 Å². The van der Waals surface area contributed by atoms with Gasteiger partial charge in [-0.3, -0.25) is 9.10 Å². The van der Waals surface area contributed by atoms with Crippen molar-refractivity contribution in [1.29, 1.82) is 0 Å². The molecular weight excluding hydrogens is 582 g/mol. The van der Waals surface area contributed by atoms with Crippen molar-refractivity contribution in [2.75, 3.05) is 17.5 Å². The third-order valence-electron chi connectivity index (χ3n) is 7.40. The Morgan fingerprint density at radius 2 is 1.71 bits per heavy atom. The van der Waals surface area contributed by atoms with Crippen LogP contribution in [0.2, 0.25) is 0 Å². The van der Waals surface area contributed by atoms with Crippen molar-refractivity contribution in [3.63, 3.8) is 0 Å². The number of aryl methyl sites for hydroxylation is 2. The van der Waals surface area contributed by atoms with Gasteiger partial charge in [0.05, 0.1) is 35.9 Å². The van der Waals surface area contributed by atoms with Gasteiger partial charge in [-0.15, -0.1) is 0 Å². The molecule has 4 rings (SSSR count). The molecule has 2 aromatic rings. The maximum Gasteiger partial charge on any atom is 0.430 e. The van der Waals surface area contributed by atoms with E-state index < -0.39 is 63.6 Å². The van der Waals surface area contributed by atoms with E-state index in [0.29, 0.717) is 12.1 Å². The Morgan fingerprint density at radius 3 is 2.24 bits per heavy atom. The largest absolute Gasteiger partial charge is 0.430 e. The van der Waals surface area contributed by atoms with Crippen LogP contribution in [0, 0.1) is 6.92 Å². The lowest BCUT2D eigenvalue weighted by Gasteiger charge is -2.39. The highest BCUT2D eigenvalue weighted by atomic mass is 32.2. The van der Waals surface area contributed by atoms with E-state index in [4.69, 9.17) is 4.74 Å². The average molecular weight is 611 g/mol. The molecule has 0 bridgehead atoms. The first kappa shape index (κ1) is 31.1. The van der Waals surface area contributed by atoms with Gasteiger partial charge in [0.2, 0.25) is 5.91 Å². The maximum absolute atomic E-state index is 13.8. The molecule has 226 valence electrons. The number of amides is 1. The predicted molar refractivity (Wildman–Crippen MR) is 133 cm³/mol. The minimum atomic E-state index is -6.12. The van der Waals surface area contributed by atoms with E-state index in [1.54, 1.807) is 6.92 Å². The minimum Gasteiger partial charge on any atom is -0.386 e. The van der Waals surface area contributed by atoms with Crippen molar-refractivity contribution in [1.82, 2.24) is 5.32 Å². The van der Waals surface area contributed by atoms with Crippen molar-refractivity contribution >= 4 is 21.6 Å². The number of halogens is 6. The molecule has 0 saturated carbocycles. The third-order valence-corrected chi connectivity index (χ3v) is 9.28. The summed E-state index contributed by atoms with van der Waals surface area (Å²) in [5, 5.41) is 22.8. The monoisotopic (exact) mass is 610 g/mol. The molecule has 0 spiro atoms. The number of rotatable bonds is 6. The van der Waals surface area contributed by atoms with E-state index in [1.807, 2.05) is 0 Å². The van der Waals surface area contributed by atoms with Gasteiger partial charge in [-0.2, -0.15) is 26.3 Å². The van der Waals surface area contributed by atoms with Gasteiger partial charge in [0.1, 0.15) is 5.60 Å². The van der Waals surface area contributed by atoms with Gasteiger partial charge in [-0.05, 0) is 50.5 Å². The smallest absolute Gasteiger partial charge is 0.386 e. The number of alkyl halides is 6. The summed E-state index contributed by atoms with van der Waals surface area (Å²) in [5.74, 6) is -0.640. The van der Waals surface area contributed by atoms with Crippen LogP contribution < -0.4 is 9.62 Å². The summed E-state index contributed by atoms with van der Waals surface area (Å²) < 4.78 is 115. The fraction of sp³-hybridized carbons (Fsp3) is 0.500. The van der Waals surface area contributed by atoms with Crippen molar-refractivity contribution < 1.29 is 54.5 Å². The summed E-state index contributed by atoms with van der Waals surface area (Å²) in [5.41, 5.74) is -7.74. The fourth-order valence-corrected chi connectivity index (χ4v) is 6.73. The Morgan fingerprint density at radius 1 is 1.10 bits per heavy atom. The molecule has 3 N–H and O–H groups in total. The Labute approximate surface area is 232 Å². The zero-order valence-corrected chi connectivity index (χ0v) is 22.7. The predicted octanol–water partition coefficient (Wildman–Crippen LogP) is 3.47. The van der Waals surface area contributed by atoms with Gasteiger partial charge in [0.25, 0.3) is 15.6 Å².